The summed E-state index contributed by atoms with van der Waals surface area (Å²) in [6.45, 7) is 8.29. The average Bonchev–Trinajstić information content (AvgIpc) is 2.58. The molecule has 0 aromatic rings. The molecule has 0 radical (unpaired) electrons. The van der Waals surface area contributed by atoms with Gasteiger partial charge in [-0.25, -0.2) is 0 Å². The van der Waals surface area contributed by atoms with Gasteiger partial charge in [-0.15, -0.1) is 0 Å². The van der Waals surface area contributed by atoms with Crippen molar-refractivity contribution in [1.29, 1.82) is 0 Å². The molecule has 0 aliphatic carbocycles. The first-order valence-corrected chi connectivity index (χ1v) is 9.70. The van der Waals surface area contributed by atoms with Crippen molar-refractivity contribution in [2.45, 2.75) is 71.6 Å². The summed E-state index contributed by atoms with van der Waals surface area (Å²) in [6.07, 6.45) is 10.3. The van der Waals surface area contributed by atoms with Crippen LogP contribution in [0.3, 0.4) is 0 Å². The molecule has 0 saturated carbocycles. The highest BCUT2D eigenvalue weighted by Gasteiger charge is 2.00. The van der Waals surface area contributed by atoms with Crippen LogP contribution in [-0.2, 0) is 23.7 Å². The molecule has 24 heavy (non-hydrogen) atoms. The second-order valence-corrected chi connectivity index (χ2v) is 5.87. The standard InChI is InChI=1S/C19H38O5/c1-3-5-6-7-8-9-10-13-21-15-17-23-18-16-22-14-11-12-19(20)24-4-2/h3-18H2,1-2H3. The minimum atomic E-state index is -0.157. The maximum Gasteiger partial charge on any atom is 0.305 e. The summed E-state index contributed by atoms with van der Waals surface area (Å²) in [4.78, 5) is 11.1. The SMILES string of the molecule is CCCCCCCCCOCCOCCOCCCC(=O)OCC. The van der Waals surface area contributed by atoms with Gasteiger partial charge in [0.2, 0.25) is 0 Å². The third-order valence-electron chi connectivity index (χ3n) is 3.61. The van der Waals surface area contributed by atoms with Gasteiger partial charge >= 0.3 is 5.97 Å². The maximum absolute atomic E-state index is 11.1. The Balaban J connectivity index is 3.01. The molecule has 0 bridgehead atoms. The molecule has 0 amide bonds. The zero-order valence-corrected chi connectivity index (χ0v) is 15.9. The molecule has 0 N–H and O–H groups in total. The number of hydrogen-bond donors (Lipinski definition) is 0. The molecule has 0 fully saturated rings. The van der Waals surface area contributed by atoms with Gasteiger partial charge < -0.3 is 18.9 Å². The summed E-state index contributed by atoms with van der Waals surface area (Å²) in [7, 11) is 0. The lowest BCUT2D eigenvalue weighted by Crippen LogP contribution is -2.11. The molecule has 0 saturated heterocycles. The Hall–Kier alpha value is -0.650. The van der Waals surface area contributed by atoms with Gasteiger partial charge in [-0.3, -0.25) is 4.79 Å². The van der Waals surface area contributed by atoms with Crippen molar-refractivity contribution in [3.8, 4) is 0 Å². The van der Waals surface area contributed by atoms with E-state index in [1.165, 1.54) is 38.5 Å². The second kappa shape index (κ2) is 20.4. The minimum Gasteiger partial charge on any atom is -0.466 e. The van der Waals surface area contributed by atoms with Crippen LogP contribution >= 0.6 is 0 Å². The fraction of sp³-hybridized carbons (Fsp3) is 0.947. The Morgan fingerprint density at radius 3 is 1.71 bits per heavy atom. The van der Waals surface area contributed by atoms with Crippen molar-refractivity contribution in [3.05, 3.63) is 0 Å². The van der Waals surface area contributed by atoms with Crippen LogP contribution in [-0.4, -0.2) is 52.2 Å². The predicted molar refractivity (Wildman–Crippen MR) is 96.3 cm³/mol. The molecule has 5 heteroatoms. The number of hydrogen-bond acceptors (Lipinski definition) is 5. The molecule has 0 aliphatic rings. The van der Waals surface area contributed by atoms with E-state index >= 15 is 0 Å². The zero-order chi connectivity index (χ0) is 17.7. The van der Waals surface area contributed by atoms with Crippen LogP contribution in [0.5, 0.6) is 0 Å². The fourth-order valence-electron chi connectivity index (χ4n) is 2.25. The number of carbonyl (C=O) groups is 1. The smallest absolute Gasteiger partial charge is 0.305 e. The molecule has 0 aliphatic heterocycles. The van der Waals surface area contributed by atoms with Gasteiger partial charge in [-0.2, -0.15) is 0 Å². The first-order chi connectivity index (χ1) is 11.8. The summed E-state index contributed by atoms with van der Waals surface area (Å²) >= 11 is 0. The van der Waals surface area contributed by atoms with Crippen molar-refractivity contribution in [2.24, 2.45) is 0 Å². The van der Waals surface area contributed by atoms with Gasteiger partial charge in [0.15, 0.2) is 0 Å². The van der Waals surface area contributed by atoms with E-state index in [9.17, 15) is 4.79 Å². The highest BCUT2D eigenvalue weighted by atomic mass is 16.5. The lowest BCUT2D eigenvalue weighted by molar-refractivity contribution is -0.143. The van der Waals surface area contributed by atoms with Crippen LogP contribution in [0.15, 0.2) is 0 Å². The van der Waals surface area contributed by atoms with E-state index in [4.69, 9.17) is 18.9 Å². The number of carbonyl (C=O) groups excluding carboxylic acids is 1. The van der Waals surface area contributed by atoms with Crippen LogP contribution in [0.4, 0.5) is 0 Å². The molecule has 144 valence electrons. The van der Waals surface area contributed by atoms with Gasteiger partial charge in [0.25, 0.3) is 0 Å². The van der Waals surface area contributed by atoms with E-state index in [1.54, 1.807) is 0 Å². The highest BCUT2D eigenvalue weighted by molar-refractivity contribution is 5.69. The number of rotatable bonds is 19. The van der Waals surface area contributed by atoms with Crippen LogP contribution in [0.25, 0.3) is 0 Å². The Kier molecular flexibility index (Phi) is 19.8. The molecule has 0 aromatic carbocycles. The Bertz CT molecular complexity index is 258. The van der Waals surface area contributed by atoms with E-state index < -0.39 is 0 Å². The zero-order valence-electron chi connectivity index (χ0n) is 15.9. The molecule has 0 heterocycles. The highest BCUT2D eigenvalue weighted by Crippen LogP contribution is 2.06. The Labute approximate surface area is 148 Å². The Morgan fingerprint density at radius 1 is 0.625 bits per heavy atom. The lowest BCUT2D eigenvalue weighted by atomic mass is 10.1. The van der Waals surface area contributed by atoms with Gasteiger partial charge in [0.1, 0.15) is 0 Å². The third kappa shape index (κ3) is 19.4. The summed E-state index contributed by atoms with van der Waals surface area (Å²) in [5.41, 5.74) is 0. The quantitative estimate of drug-likeness (QED) is 0.260. The van der Waals surface area contributed by atoms with E-state index in [-0.39, 0.29) is 5.97 Å². The van der Waals surface area contributed by atoms with Crippen molar-refractivity contribution >= 4 is 5.97 Å². The topological polar surface area (TPSA) is 54.0 Å². The molecule has 0 aromatic heterocycles. The molecular formula is C19H38O5. The van der Waals surface area contributed by atoms with Crippen molar-refractivity contribution < 1.29 is 23.7 Å². The normalized spacial score (nSPS) is 10.9. The number of esters is 1. The fourth-order valence-corrected chi connectivity index (χ4v) is 2.25. The van der Waals surface area contributed by atoms with E-state index in [2.05, 4.69) is 6.92 Å². The second-order valence-electron chi connectivity index (χ2n) is 5.87. The minimum absolute atomic E-state index is 0.157. The van der Waals surface area contributed by atoms with Crippen LogP contribution < -0.4 is 0 Å². The molecule has 5 nitrogen and oxygen atoms in total. The van der Waals surface area contributed by atoms with Crippen LogP contribution in [0.2, 0.25) is 0 Å². The molecule has 0 rings (SSSR count). The molecule has 0 unspecified atom stereocenters. The van der Waals surface area contributed by atoms with Gasteiger partial charge in [-0.05, 0) is 19.8 Å². The summed E-state index contributed by atoms with van der Waals surface area (Å²) in [6, 6.07) is 0. The Morgan fingerprint density at radius 2 is 1.12 bits per heavy atom. The van der Waals surface area contributed by atoms with Crippen LogP contribution in [0.1, 0.15) is 71.6 Å². The predicted octanol–water partition coefficient (Wildman–Crippen LogP) is 4.13. The summed E-state index contributed by atoms with van der Waals surface area (Å²) in [5, 5.41) is 0. The molecule has 0 atom stereocenters. The van der Waals surface area contributed by atoms with E-state index in [0.29, 0.717) is 52.5 Å². The third-order valence-corrected chi connectivity index (χ3v) is 3.61. The average molecular weight is 347 g/mol. The van der Waals surface area contributed by atoms with Crippen molar-refractivity contribution in [3.63, 3.8) is 0 Å². The number of ether oxygens (including phenoxy) is 4. The number of unbranched alkanes of at least 4 members (excludes halogenated alkanes) is 6. The lowest BCUT2D eigenvalue weighted by Gasteiger charge is -2.07. The summed E-state index contributed by atoms with van der Waals surface area (Å²) in [5.74, 6) is -0.157. The first kappa shape index (κ1) is 23.4. The van der Waals surface area contributed by atoms with E-state index in [1.807, 2.05) is 6.92 Å². The van der Waals surface area contributed by atoms with Gasteiger partial charge in [0, 0.05) is 19.6 Å². The monoisotopic (exact) mass is 346 g/mol. The summed E-state index contributed by atoms with van der Waals surface area (Å²) < 4.78 is 21.2. The molecule has 0 spiro atoms. The maximum atomic E-state index is 11.1. The van der Waals surface area contributed by atoms with Crippen molar-refractivity contribution in [2.75, 3.05) is 46.2 Å². The van der Waals surface area contributed by atoms with E-state index in [0.717, 1.165) is 13.0 Å². The van der Waals surface area contributed by atoms with Gasteiger partial charge in [0.05, 0.1) is 33.0 Å². The molecular weight excluding hydrogens is 308 g/mol. The van der Waals surface area contributed by atoms with Crippen LogP contribution in [0, 0.1) is 0 Å². The van der Waals surface area contributed by atoms with Crippen molar-refractivity contribution in [1.82, 2.24) is 0 Å². The largest absolute Gasteiger partial charge is 0.466 e. The first-order valence-electron chi connectivity index (χ1n) is 9.70. The van der Waals surface area contributed by atoms with Gasteiger partial charge in [-0.1, -0.05) is 45.4 Å².